The highest BCUT2D eigenvalue weighted by Crippen LogP contribution is 1.89. The first-order valence-electron chi connectivity index (χ1n) is 3.85. The fourth-order valence-electron chi connectivity index (χ4n) is 0.989. The maximum Gasteiger partial charge on any atom is 0.317 e. The Morgan fingerprint density at radius 3 is 1.62 bits per heavy atom. The third-order valence-electron chi connectivity index (χ3n) is 1.25. The molecule has 0 aromatic rings. The number of aliphatic carboxylic acids is 1. The molecule has 0 saturated heterocycles. The van der Waals surface area contributed by atoms with E-state index in [1.807, 2.05) is 0 Å². The number of carboxylic acid groups (broad SMARTS) is 1. The highest BCUT2D eigenvalue weighted by molar-refractivity contribution is 5.82. The monoisotopic (exact) mass is 187 g/mol. The van der Waals surface area contributed by atoms with Gasteiger partial charge in [-0.1, -0.05) is 0 Å². The van der Waals surface area contributed by atoms with E-state index in [1.165, 1.54) is 18.7 Å². The van der Waals surface area contributed by atoms with Gasteiger partial charge in [-0.25, -0.2) is 0 Å². The Balaban J connectivity index is 4.10. The van der Waals surface area contributed by atoms with Crippen molar-refractivity contribution in [1.29, 1.82) is 0 Å². The minimum Gasteiger partial charge on any atom is -0.480 e. The fourth-order valence-corrected chi connectivity index (χ4v) is 0.989. The third-order valence-corrected chi connectivity index (χ3v) is 1.25. The zero-order chi connectivity index (χ0) is 10.4. The zero-order valence-corrected chi connectivity index (χ0v) is 7.74. The maximum atomic E-state index is 10.7. The number of hydrogen-bond donors (Lipinski definition) is 1. The summed E-state index contributed by atoms with van der Waals surface area (Å²) in [6.45, 7) is 2.45. The van der Waals surface area contributed by atoms with Crippen LogP contribution in [0, 0.1) is 0 Å². The molecule has 0 aromatic heterocycles. The Labute approximate surface area is 76.3 Å². The molecule has 0 unspecified atom stereocenters. The molecule has 0 amide bonds. The molecule has 0 aliphatic carbocycles. The van der Waals surface area contributed by atoms with Crippen LogP contribution in [0.4, 0.5) is 0 Å². The molecule has 0 aromatic carbocycles. The molecular formula is C8H13NO4. The van der Waals surface area contributed by atoms with Crippen LogP contribution in [0.5, 0.6) is 0 Å². The molecule has 0 heterocycles. The lowest BCUT2D eigenvalue weighted by molar-refractivity contribution is -0.138. The van der Waals surface area contributed by atoms with Crippen LogP contribution < -0.4 is 0 Å². The molecule has 13 heavy (non-hydrogen) atoms. The Morgan fingerprint density at radius 2 is 1.38 bits per heavy atom. The molecule has 1 N–H and O–H groups in total. The lowest BCUT2D eigenvalue weighted by atomic mass is 10.3. The highest BCUT2D eigenvalue weighted by atomic mass is 16.4. The van der Waals surface area contributed by atoms with E-state index in [4.69, 9.17) is 5.11 Å². The van der Waals surface area contributed by atoms with Gasteiger partial charge in [-0.05, 0) is 13.8 Å². The molecule has 74 valence electrons. The largest absolute Gasteiger partial charge is 0.480 e. The van der Waals surface area contributed by atoms with E-state index in [0.29, 0.717) is 0 Å². The third kappa shape index (κ3) is 7.14. The van der Waals surface area contributed by atoms with Gasteiger partial charge in [0.05, 0.1) is 19.6 Å². The lowest BCUT2D eigenvalue weighted by Crippen LogP contribution is -2.36. The van der Waals surface area contributed by atoms with Gasteiger partial charge < -0.3 is 5.11 Å². The summed E-state index contributed by atoms with van der Waals surface area (Å²) < 4.78 is 0. The molecular weight excluding hydrogens is 174 g/mol. The number of carbonyl (C=O) groups excluding carboxylic acids is 2. The molecule has 0 aliphatic heterocycles. The van der Waals surface area contributed by atoms with Crippen LogP contribution in [0.15, 0.2) is 0 Å². The first-order valence-corrected chi connectivity index (χ1v) is 3.85. The van der Waals surface area contributed by atoms with Crippen molar-refractivity contribution in [3.63, 3.8) is 0 Å². The van der Waals surface area contributed by atoms with Crippen molar-refractivity contribution in [2.45, 2.75) is 13.8 Å². The summed E-state index contributed by atoms with van der Waals surface area (Å²) in [4.78, 5) is 32.9. The van der Waals surface area contributed by atoms with Crippen molar-refractivity contribution in [2.24, 2.45) is 0 Å². The van der Waals surface area contributed by atoms with E-state index in [2.05, 4.69) is 0 Å². The Bertz CT molecular complexity index is 186. The summed E-state index contributed by atoms with van der Waals surface area (Å²) in [7, 11) is 0. The van der Waals surface area contributed by atoms with Crippen LogP contribution in [0.1, 0.15) is 13.8 Å². The molecule has 5 heteroatoms. The smallest absolute Gasteiger partial charge is 0.317 e. The van der Waals surface area contributed by atoms with Crippen LogP contribution in [0.3, 0.4) is 0 Å². The molecule has 0 bridgehead atoms. The molecule has 0 atom stereocenters. The number of nitrogens with zero attached hydrogens (tertiary/aromatic N) is 1. The van der Waals surface area contributed by atoms with Crippen LogP contribution in [0.25, 0.3) is 0 Å². The predicted octanol–water partition coefficient (Wildman–Crippen LogP) is -0.449. The normalized spacial score (nSPS) is 10.1. The van der Waals surface area contributed by atoms with E-state index in [-0.39, 0.29) is 31.2 Å². The SMILES string of the molecule is CC(=O)CN(CC(C)=O)CC(=O)O. The van der Waals surface area contributed by atoms with Gasteiger partial charge >= 0.3 is 5.97 Å². The van der Waals surface area contributed by atoms with E-state index in [9.17, 15) is 14.4 Å². The van der Waals surface area contributed by atoms with Gasteiger partial charge in [-0.15, -0.1) is 0 Å². The second kappa shape index (κ2) is 5.42. The van der Waals surface area contributed by atoms with Crippen LogP contribution in [-0.2, 0) is 14.4 Å². The lowest BCUT2D eigenvalue weighted by Gasteiger charge is -2.16. The first kappa shape index (κ1) is 11.8. The number of ketones is 2. The number of Topliss-reactive ketones (excluding diaryl/α,β-unsaturated/α-hetero) is 2. The standard InChI is InChI=1S/C8H13NO4/c1-6(10)3-9(4-7(2)11)5-8(12)13/h3-5H2,1-2H3,(H,12,13). The number of carbonyl (C=O) groups is 3. The Morgan fingerprint density at radius 1 is 1.00 bits per heavy atom. The van der Waals surface area contributed by atoms with E-state index >= 15 is 0 Å². The minimum atomic E-state index is -1.04. The summed E-state index contributed by atoms with van der Waals surface area (Å²) in [6.07, 6.45) is 0. The van der Waals surface area contributed by atoms with E-state index < -0.39 is 5.97 Å². The first-order chi connectivity index (χ1) is 5.91. The fraction of sp³-hybridized carbons (Fsp3) is 0.625. The number of hydrogen-bond acceptors (Lipinski definition) is 4. The summed E-state index contributed by atoms with van der Waals surface area (Å²) >= 11 is 0. The van der Waals surface area contributed by atoms with Gasteiger partial charge in [0.2, 0.25) is 0 Å². The summed E-state index contributed by atoms with van der Waals surface area (Å²) in [5.74, 6) is -1.34. The number of carboxylic acids is 1. The van der Waals surface area contributed by atoms with Crippen molar-refractivity contribution in [1.82, 2.24) is 4.90 Å². The van der Waals surface area contributed by atoms with Crippen molar-refractivity contribution in [3.05, 3.63) is 0 Å². The molecule has 0 aliphatic rings. The van der Waals surface area contributed by atoms with Gasteiger partial charge in [0.1, 0.15) is 11.6 Å². The average Bonchev–Trinajstić information content (AvgIpc) is 1.80. The average molecular weight is 187 g/mol. The van der Waals surface area contributed by atoms with Crippen molar-refractivity contribution >= 4 is 17.5 Å². The second-order valence-corrected chi connectivity index (χ2v) is 2.94. The quantitative estimate of drug-likeness (QED) is 0.609. The second-order valence-electron chi connectivity index (χ2n) is 2.94. The summed E-state index contributed by atoms with van der Waals surface area (Å²) in [6, 6.07) is 0. The molecule has 0 saturated carbocycles. The molecule has 0 radical (unpaired) electrons. The molecule has 0 fully saturated rings. The van der Waals surface area contributed by atoms with Crippen LogP contribution in [0.2, 0.25) is 0 Å². The summed E-state index contributed by atoms with van der Waals surface area (Å²) in [5, 5.41) is 8.45. The van der Waals surface area contributed by atoms with Crippen molar-refractivity contribution in [2.75, 3.05) is 19.6 Å². The van der Waals surface area contributed by atoms with Gasteiger partial charge in [0, 0.05) is 0 Å². The van der Waals surface area contributed by atoms with Crippen LogP contribution in [-0.4, -0.2) is 47.2 Å². The van der Waals surface area contributed by atoms with Crippen molar-refractivity contribution in [3.8, 4) is 0 Å². The molecule has 0 spiro atoms. The Hall–Kier alpha value is -1.23. The van der Waals surface area contributed by atoms with Gasteiger partial charge in [-0.2, -0.15) is 0 Å². The van der Waals surface area contributed by atoms with Gasteiger partial charge in [-0.3, -0.25) is 19.3 Å². The summed E-state index contributed by atoms with van der Waals surface area (Å²) in [5.41, 5.74) is 0. The van der Waals surface area contributed by atoms with Gasteiger partial charge in [0.25, 0.3) is 0 Å². The van der Waals surface area contributed by atoms with Crippen LogP contribution >= 0.6 is 0 Å². The maximum absolute atomic E-state index is 10.7. The van der Waals surface area contributed by atoms with Gasteiger partial charge in [0.15, 0.2) is 0 Å². The molecule has 5 nitrogen and oxygen atoms in total. The van der Waals surface area contributed by atoms with E-state index in [0.717, 1.165) is 0 Å². The topological polar surface area (TPSA) is 74.7 Å². The predicted molar refractivity (Wildman–Crippen MR) is 45.4 cm³/mol. The molecule has 0 rings (SSSR count). The Kier molecular flexibility index (Phi) is 4.91. The highest BCUT2D eigenvalue weighted by Gasteiger charge is 2.12. The minimum absolute atomic E-state index is 0.00583. The van der Waals surface area contributed by atoms with E-state index in [1.54, 1.807) is 0 Å². The zero-order valence-electron chi connectivity index (χ0n) is 7.74. The van der Waals surface area contributed by atoms with Crippen molar-refractivity contribution < 1.29 is 19.5 Å². The number of rotatable bonds is 6.